The highest BCUT2D eigenvalue weighted by Crippen LogP contribution is 2.31. The van der Waals surface area contributed by atoms with Gasteiger partial charge >= 0.3 is 11.7 Å². The third-order valence-electron chi connectivity index (χ3n) is 3.54. The van der Waals surface area contributed by atoms with Gasteiger partial charge in [-0.1, -0.05) is 30.3 Å². The van der Waals surface area contributed by atoms with Crippen LogP contribution in [0.1, 0.15) is 6.92 Å². The van der Waals surface area contributed by atoms with E-state index >= 15 is 0 Å². The van der Waals surface area contributed by atoms with Crippen molar-refractivity contribution in [1.82, 2.24) is 9.55 Å². The molecule has 0 unspecified atom stereocenters. The first-order valence-electron chi connectivity index (χ1n) is 7.59. The first-order chi connectivity index (χ1) is 12.1. The molecule has 0 spiro atoms. The minimum absolute atomic E-state index is 0.0516. The number of aromatic amines is 1. The Labute approximate surface area is 146 Å². The number of thiophene rings is 1. The number of rotatable bonds is 6. The number of nitrogens with one attached hydrogen (secondary N) is 1. The van der Waals surface area contributed by atoms with Gasteiger partial charge in [0, 0.05) is 17.9 Å². The van der Waals surface area contributed by atoms with Gasteiger partial charge in [-0.3, -0.25) is 19.1 Å². The van der Waals surface area contributed by atoms with Gasteiger partial charge in [-0.15, -0.1) is 11.3 Å². The Morgan fingerprint density at radius 3 is 2.68 bits per heavy atom. The van der Waals surface area contributed by atoms with Crippen molar-refractivity contribution >= 4 is 27.5 Å². The fourth-order valence-corrected chi connectivity index (χ4v) is 3.42. The first-order valence-corrected chi connectivity index (χ1v) is 8.46. The van der Waals surface area contributed by atoms with E-state index in [9.17, 15) is 14.4 Å². The molecular formula is C17H16N2O5S. The number of hydrogen-bond acceptors (Lipinski definition) is 6. The molecule has 0 atom stereocenters. The molecule has 0 aliphatic heterocycles. The Morgan fingerprint density at radius 2 is 1.96 bits per heavy atom. The zero-order chi connectivity index (χ0) is 17.8. The maximum absolute atomic E-state index is 12.3. The van der Waals surface area contributed by atoms with Crippen molar-refractivity contribution in [3.8, 4) is 11.1 Å². The lowest BCUT2D eigenvalue weighted by molar-refractivity contribution is -0.142. The molecule has 2 heterocycles. The third kappa shape index (κ3) is 3.70. The molecule has 0 bridgehead atoms. The number of carbonyl (C=O) groups is 1. The normalized spacial score (nSPS) is 10.9. The summed E-state index contributed by atoms with van der Waals surface area (Å²) in [5.74, 6) is -0.392. The van der Waals surface area contributed by atoms with Crippen LogP contribution in [0.5, 0.6) is 0 Å². The monoisotopic (exact) mass is 360 g/mol. The smallest absolute Gasteiger partial charge is 0.330 e. The lowest BCUT2D eigenvalue weighted by atomic mass is 10.1. The number of esters is 1. The molecule has 1 N–H and O–H groups in total. The first kappa shape index (κ1) is 17.1. The lowest BCUT2D eigenvalue weighted by Gasteiger charge is -2.10. The molecule has 1 aromatic carbocycles. The van der Waals surface area contributed by atoms with E-state index in [0.29, 0.717) is 10.2 Å². The van der Waals surface area contributed by atoms with Crippen LogP contribution < -0.4 is 11.2 Å². The van der Waals surface area contributed by atoms with Crippen molar-refractivity contribution < 1.29 is 14.3 Å². The second-order valence-electron chi connectivity index (χ2n) is 5.26. The Morgan fingerprint density at radius 1 is 1.20 bits per heavy atom. The van der Waals surface area contributed by atoms with Crippen LogP contribution in [0.25, 0.3) is 21.3 Å². The van der Waals surface area contributed by atoms with Crippen molar-refractivity contribution in [3.05, 3.63) is 56.5 Å². The van der Waals surface area contributed by atoms with Gasteiger partial charge in [0.05, 0.1) is 12.1 Å². The van der Waals surface area contributed by atoms with Gasteiger partial charge in [-0.05, 0) is 5.56 Å². The highest BCUT2D eigenvalue weighted by atomic mass is 32.1. The molecule has 0 aliphatic rings. The Kier molecular flexibility index (Phi) is 5.11. The summed E-state index contributed by atoms with van der Waals surface area (Å²) in [5, 5.41) is 1.85. The van der Waals surface area contributed by atoms with Crippen LogP contribution in [-0.2, 0) is 21.0 Å². The van der Waals surface area contributed by atoms with Gasteiger partial charge in [-0.25, -0.2) is 4.79 Å². The summed E-state index contributed by atoms with van der Waals surface area (Å²) >= 11 is 1.28. The van der Waals surface area contributed by atoms with E-state index in [0.717, 1.165) is 11.1 Å². The number of nitrogens with zero attached hydrogens (tertiary/aromatic N) is 1. The van der Waals surface area contributed by atoms with Crippen LogP contribution in [0.2, 0.25) is 0 Å². The quantitative estimate of drug-likeness (QED) is 0.536. The molecule has 0 amide bonds. The van der Waals surface area contributed by atoms with Gasteiger partial charge in [0.25, 0.3) is 5.56 Å². The van der Waals surface area contributed by atoms with Gasteiger partial charge < -0.3 is 9.47 Å². The summed E-state index contributed by atoms with van der Waals surface area (Å²) in [4.78, 5) is 37.4. The maximum atomic E-state index is 12.3. The summed E-state index contributed by atoms with van der Waals surface area (Å²) in [7, 11) is 0. The molecule has 0 fully saturated rings. The third-order valence-corrected chi connectivity index (χ3v) is 4.51. The van der Waals surface area contributed by atoms with E-state index < -0.39 is 17.2 Å². The minimum atomic E-state index is -0.541. The van der Waals surface area contributed by atoms with Gasteiger partial charge in [0.1, 0.15) is 18.0 Å². The summed E-state index contributed by atoms with van der Waals surface area (Å²) < 4.78 is 12.1. The molecule has 0 saturated carbocycles. The zero-order valence-electron chi connectivity index (χ0n) is 13.5. The van der Waals surface area contributed by atoms with Crippen LogP contribution in [0.15, 0.2) is 45.3 Å². The van der Waals surface area contributed by atoms with E-state index in [-0.39, 0.29) is 19.9 Å². The van der Waals surface area contributed by atoms with Gasteiger partial charge in [-0.2, -0.15) is 0 Å². The van der Waals surface area contributed by atoms with Gasteiger partial charge in [0.15, 0.2) is 0 Å². The molecule has 8 heteroatoms. The number of ether oxygens (including phenoxy) is 2. The van der Waals surface area contributed by atoms with Crippen molar-refractivity contribution in [2.24, 2.45) is 0 Å². The van der Waals surface area contributed by atoms with E-state index in [2.05, 4.69) is 4.98 Å². The summed E-state index contributed by atoms with van der Waals surface area (Å²) in [6, 6.07) is 9.52. The molecule has 0 aliphatic carbocycles. The molecule has 2 aromatic heterocycles. The number of aromatic nitrogens is 2. The van der Waals surface area contributed by atoms with Crippen molar-refractivity contribution in [2.45, 2.75) is 13.7 Å². The Balaban J connectivity index is 1.97. The van der Waals surface area contributed by atoms with Crippen LogP contribution in [-0.4, -0.2) is 28.7 Å². The number of fused-ring (bicyclic) bond motifs is 1. The Hall–Kier alpha value is -2.71. The molecule has 3 aromatic rings. The van der Waals surface area contributed by atoms with E-state index in [1.54, 1.807) is 0 Å². The number of carbonyl (C=O) groups excluding carboxylic acids is 1. The minimum Gasteiger partial charge on any atom is -0.463 e. The molecule has 7 nitrogen and oxygen atoms in total. The molecule has 3 rings (SSSR count). The average molecular weight is 360 g/mol. The zero-order valence-corrected chi connectivity index (χ0v) is 14.3. The molecular weight excluding hydrogens is 344 g/mol. The standard InChI is InChI=1S/C17H16N2O5S/c1-11(20)24-8-7-23-10-19-14-13(12-5-3-2-4-6-12)9-25-15(14)16(21)18-17(19)22/h2-6,9H,7-8,10H2,1H3,(H,18,21,22). The summed E-state index contributed by atoms with van der Waals surface area (Å²) in [6.45, 7) is 1.51. The van der Waals surface area contributed by atoms with Crippen molar-refractivity contribution in [2.75, 3.05) is 13.2 Å². The van der Waals surface area contributed by atoms with E-state index in [4.69, 9.17) is 9.47 Å². The molecule has 0 radical (unpaired) electrons. The predicted molar refractivity (Wildman–Crippen MR) is 94.7 cm³/mol. The summed E-state index contributed by atoms with van der Waals surface area (Å²) in [6.07, 6.45) is 0. The molecule has 25 heavy (non-hydrogen) atoms. The molecule has 130 valence electrons. The Bertz CT molecular complexity index is 1000. The number of hydrogen-bond donors (Lipinski definition) is 1. The average Bonchev–Trinajstić information content (AvgIpc) is 3.03. The van der Waals surface area contributed by atoms with Crippen LogP contribution in [0.3, 0.4) is 0 Å². The predicted octanol–water partition coefficient (Wildman–Crippen LogP) is 1.96. The maximum Gasteiger partial charge on any atom is 0.330 e. The SMILES string of the molecule is CC(=O)OCCOCn1c(=O)[nH]c(=O)c2scc(-c3ccccc3)c21. The highest BCUT2D eigenvalue weighted by molar-refractivity contribution is 7.17. The second kappa shape index (κ2) is 7.45. The van der Waals surface area contributed by atoms with Crippen LogP contribution in [0, 0.1) is 0 Å². The fourth-order valence-electron chi connectivity index (χ4n) is 2.45. The number of benzene rings is 1. The highest BCUT2D eigenvalue weighted by Gasteiger charge is 2.15. The largest absolute Gasteiger partial charge is 0.463 e. The lowest BCUT2D eigenvalue weighted by Crippen LogP contribution is -2.30. The second-order valence-corrected chi connectivity index (χ2v) is 6.14. The fraction of sp³-hybridized carbons (Fsp3) is 0.235. The van der Waals surface area contributed by atoms with E-state index in [1.807, 2.05) is 35.7 Å². The van der Waals surface area contributed by atoms with E-state index in [1.165, 1.54) is 22.8 Å². The van der Waals surface area contributed by atoms with Crippen LogP contribution >= 0.6 is 11.3 Å². The van der Waals surface area contributed by atoms with Gasteiger partial charge in [0.2, 0.25) is 0 Å². The number of H-pyrrole nitrogens is 1. The van der Waals surface area contributed by atoms with Crippen molar-refractivity contribution in [1.29, 1.82) is 0 Å². The summed E-state index contributed by atoms with van der Waals surface area (Å²) in [5.41, 5.74) is 1.29. The molecule has 0 saturated heterocycles. The topological polar surface area (TPSA) is 90.4 Å². The van der Waals surface area contributed by atoms with Crippen molar-refractivity contribution in [3.63, 3.8) is 0 Å². The van der Waals surface area contributed by atoms with Crippen LogP contribution in [0.4, 0.5) is 0 Å².